The summed E-state index contributed by atoms with van der Waals surface area (Å²) >= 11 is 5.80. The summed E-state index contributed by atoms with van der Waals surface area (Å²) in [6.45, 7) is 2.36. The average molecular weight is 282 g/mol. The first-order valence-electron chi connectivity index (χ1n) is 5.99. The van der Waals surface area contributed by atoms with Gasteiger partial charge in [0.15, 0.2) is 11.6 Å². The van der Waals surface area contributed by atoms with Crippen molar-refractivity contribution in [2.45, 2.75) is 19.5 Å². The molecule has 0 aliphatic carbocycles. The molecule has 0 aliphatic rings. The molecule has 1 atom stereocenters. The molecule has 1 nitrogen and oxygen atoms in total. The van der Waals surface area contributed by atoms with Crippen molar-refractivity contribution in [3.8, 4) is 0 Å². The minimum atomic E-state index is -0.822. The fourth-order valence-electron chi connectivity index (χ4n) is 1.84. The van der Waals surface area contributed by atoms with Crippen LogP contribution in [0.2, 0.25) is 5.02 Å². The van der Waals surface area contributed by atoms with Gasteiger partial charge in [0, 0.05) is 23.2 Å². The van der Waals surface area contributed by atoms with Crippen LogP contribution in [0.3, 0.4) is 0 Å². The van der Waals surface area contributed by atoms with Gasteiger partial charge in [-0.15, -0.1) is 0 Å². The lowest BCUT2D eigenvalue weighted by molar-refractivity contribution is 0.472. The second-order valence-electron chi connectivity index (χ2n) is 4.37. The topological polar surface area (TPSA) is 12.0 Å². The summed E-state index contributed by atoms with van der Waals surface area (Å²) in [4.78, 5) is 0. The predicted molar refractivity (Wildman–Crippen MR) is 73.1 cm³/mol. The zero-order valence-electron chi connectivity index (χ0n) is 10.5. The number of benzene rings is 2. The lowest BCUT2D eigenvalue weighted by atomic mass is 10.1. The molecule has 19 heavy (non-hydrogen) atoms. The van der Waals surface area contributed by atoms with Gasteiger partial charge in [-0.3, -0.25) is 0 Å². The van der Waals surface area contributed by atoms with E-state index in [0.29, 0.717) is 17.1 Å². The van der Waals surface area contributed by atoms with Gasteiger partial charge in [-0.1, -0.05) is 35.9 Å². The summed E-state index contributed by atoms with van der Waals surface area (Å²) in [6.07, 6.45) is 0. The van der Waals surface area contributed by atoms with Crippen LogP contribution < -0.4 is 5.32 Å². The van der Waals surface area contributed by atoms with Crippen LogP contribution in [0.25, 0.3) is 0 Å². The van der Waals surface area contributed by atoms with Crippen molar-refractivity contribution in [2.24, 2.45) is 0 Å². The second kappa shape index (κ2) is 6.13. The maximum Gasteiger partial charge on any atom is 0.163 e. The Morgan fingerprint density at radius 3 is 2.47 bits per heavy atom. The molecule has 0 bridgehead atoms. The van der Waals surface area contributed by atoms with E-state index in [4.69, 9.17) is 11.6 Å². The summed E-state index contributed by atoms with van der Waals surface area (Å²) in [5.41, 5.74) is 1.36. The molecule has 2 aromatic rings. The van der Waals surface area contributed by atoms with Crippen LogP contribution in [-0.2, 0) is 6.54 Å². The number of nitrogens with one attached hydrogen (secondary N) is 1. The van der Waals surface area contributed by atoms with Gasteiger partial charge in [-0.25, -0.2) is 8.78 Å². The van der Waals surface area contributed by atoms with Crippen molar-refractivity contribution in [3.63, 3.8) is 0 Å². The van der Waals surface area contributed by atoms with E-state index in [9.17, 15) is 8.78 Å². The van der Waals surface area contributed by atoms with Crippen molar-refractivity contribution >= 4 is 11.6 Å². The minimum Gasteiger partial charge on any atom is -0.306 e. The van der Waals surface area contributed by atoms with Crippen molar-refractivity contribution in [3.05, 3.63) is 70.2 Å². The molecule has 2 rings (SSSR count). The number of halogens is 3. The molecule has 0 radical (unpaired) electrons. The van der Waals surface area contributed by atoms with E-state index in [2.05, 4.69) is 5.32 Å². The summed E-state index contributed by atoms with van der Waals surface area (Å²) < 4.78 is 26.7. The zero-order valence-corrected chi connectivity index (χ0v) is 11.2. The summed E-state index contributed by atoms with van der Waals surface area (Å²) in [7, 11) is 0. The van der Waals surface area contributed by atoms with E-state index in [-0.39, 0.29) is 6.04 Å². The molecule has 0 fully saturated rings. The Labute approximate surface area is 116 Å². The molecule has 0 aromatic heterocycles. The molecule has 0 aliphatic heterocycles. The van der Waals surface area contributed by atoms with Gasteiger partial charge in [0.1, 0.15) is 0 Å². The normalized spacial score (nSPS) is 12.4. The molecule has 2 aromatic carbocycles. The Bertz CT molecular complexity index is 555. The third kappa shape index (κ3) is 3.52. The molecule has 0 saturated heterocycles. The molecule has 1 unspecified atom stereocenters. The second-order valence-corrected chi connectivity index (χ2v) is 4.81. The molecule has 100 valence electrons. The van der Waals surface area contributed by atoms with Gasteiger partial charge in [0.2, 0.25) is 0 Å². The highest BCUT2D eigenvalue weighted by Gasteiger charge is 2.13. The van der Waals surface area contributed by atoms with E-state index >= 15 is 0 Å². The Kier molecular flexibility index (Phi) is 4.51. The van der Waals surface area contributed by atoms with Gasteiger partial charge < -0.3 is 5.32 Å². The predicted octanol–water partition coefficient (Wildman–Crippen LogP) is 4.47. The fourth-order valence-corrected chi connectivity index (χ4v) is 1.96. The molecule has 1 N–H and O–H groups in total. The first-order chi connectivity index (χ1) is 9.08. The van der Waals surface area contributed by atoms with Crippen molar-refractivity contribution in [1.29, 1.82) is 0 Å². The molecule has 4 heteroatoms. The van der Waals surface area contributed by atoms with E-state index in [0.717, 1.165) is 11.6 Å². The third-order valence-corrected chi connectivity index (χ3v) is 3.23. The average Bonchev–Trinajstić information content (AvgIpc) is 2.41. The quantitative estimate of drug-likeness (QED) is 0.872. The minimum absolute atomic E-state index is 0.272. The van der Waals surface area contributed by atoms with E-state index in [1.54, 1.807) is 25.1 Å². The van der Waals surface area contributed by atoms with E-state index < -0.39 is 11.6 Å². The van der Waals surface area contributed by atoms with Gasteiger partial charge in [0.05, 0.1) is 0 Å². The van der Waals surface area contributed by atoms with Crippen LogP contribution in [0.1, 0.15) is 24.1 Å². The van der Waals surface area contributed by atoms with Gasteiger partial charge >= 0.3 is 0 Å². The fraction of sp³-hybridized carbons (Fsp3) is 0.200. The Morgan fingerprint density at radius 2 is 1.79 bits per heavy atom. The monoisotopic (exact) mass is 281 g/mol. The maximum absolute atomic E-state index is 13.6. The Morgan fingerprint density at radius 1 is 1.11 bits per heavy atom. The highest BCUT2D eigenvalue weighted by Crippen LogP contribution is 2.19. The van der Waals surface area contributed by atoms with Gasteiger partial charge in [-0.05, 0) is 30.7 Å². The number of rotatable bonds is 4. The summed E-state index contributed by atoms with van der Waals surface area (Å²) in [5, 5.41) is 3.83. The van der Waals surface area contributed by atoms with Crippen LogP contribution in [0.5, 0.6) is 0 Å². The van der Waals surface area contributed by atoms with Crippen molar-refractivity contribution < 1.29 is 8.78 Å². The maximum atomic E-state index is 13.6. The largest absolute Gasteiger partial charge is 0.306 e. The van der Waals surface area contributed by atoms with Crippen molar-refractivity contribution in [2.75, 3.05) is 0 Å². The van der Waals surface area contributed by atoms with Crippen LogP contribution in [0.15, 0.2) is 42.5 Å². The number of hydrogen-bond acceptors (Lipinski definition) is 1. The van der Waals surface area contributed by atoms with Gasteiger partial charge in [0.25, 0.3) is 0 Å². The molecule has 0 amide bonds. The van der Waals surface area contributed by atoms with Crippen LogP contribution >= 0.6 is 11.6 Å². The van der Waals surface area contributed by atoms with E-state index in [1.165, 1.54) is 6.07 Å². The Balaban J connectivity index is 2.03. The lowest BCUT2D eigenvalue weighted by Crippen LogP contribution is -2.19. The van der Waals surface area contributed by atoms with Crippen LogP contribution in [0.4, 0.5) is 8.78 Å². The molecular weight excluding hydrogens is 268 g/mol. The zero-order chi connectivity index (χ0) is 13.8. The lowest BCUT2D eigenvalue weighted by Gasteiger charge is -2.15. The molecule has 0 heterocycles. The first-order valence-corrected chi connectivity index (χ1v) is 6.37. The van der Waals surface area contributed by atoms with Gasteiger partial charge in [-0.2, -0.15) is 0 Å². The Hall–Kier alpha value is -1.45. The standard InChI is InChI=1S/C15H14ClF2N/c1-10(13-3-2-4-14(17)15(13)18)19-9-11-5-7-12(16)8-6-11/h2-8,10,19H,9H2,1H3. The summed E-state index contributed by atoms with van der Waals surface area (Å²) in [6, 6.07) is 11.3. The van der Waals surface area contributed by atoms with Crippen LogP contribution in [0, 0.1) is 11.6 Å². The van der Waals surface area contributed by atoms with E-state index in [1.807, 2.05) is 12.1 Å². The highest BCUT2D eigenvalue weighted by atomic mass is 35.5. The summed E-state index contributed by atoms with van der Waals surface area (Å²) in [5.74, 6) is -1.61. The molecular formula is C15H14ClF2N. The highest BCUT2D eigenvalue weighted by molar-refractivity contribution is 6.30. The smallest absolute Gasteiger partial charge is 0.163 e. The van der Waals surface area contributed by atoms with Crippen molar-refractivity contribution in [1.82, 2.24) is 5.32 Å². The first kappa shape index (κ1) is 14.0. The number of hydrogen-bond donors (Lipinski definition) is 1. The molecule has 0 spiro atoms. The third-order valence-electron chi connectivity index (χ3n) is 2.97. The SMILES string of the molecule is CC(NCc1ccc(Cl)cc1)c1cccc(F)c1F. The molecule has 0 saturated carbocycles. The van der Waals surface area contributed by atoms with Crippen LogP contribution in [-0.4, -0.2) is 0 Å².